The monoisotopic (exact) mass is 399 g/mol. The van der Waals surface area contributed by atoms with Crippen molar-refractivity contribution in [3.8, 4) is 5.75 Å². The van der Waals surface area contributed by atoms with Crippen LogP contribution in [0.2, 0.25) is 0 Å². The van der Waals surface area contributed by atoms with E-state index in [2.05, 4.69) is 12.2 Å². The van der Waals surface area contributed by atoms with Gasteiger partial charge in [0.1, 0.15) is 5.75 Å². The number of allylic oxidation sites excluding steroid dienone is 2. The molecule has 2 aromatic carbocycles. The number of amides is 2. The third-order valence-corrected chi connectivity index (χ3v) is 7.16. The lowest BCUT2D eigenvalue weighted by atomic mass is 9.63. The normalized spacial score (nSPS) is 32.7. The minimum absolute atomic E-state index is 0.109. The summed E-state index contributed by atoms with van der Waals surface area (Å²) < 4.78 is 5.49. The molecule has 5 aliphatic rings. The van der Waals surface area contributed by atoms with E-state index in [1.807, 2.05) is 30.3 Å². The molecule has 2 amide bonds. The van der Waals surface area contributed by atoms with Crippen molar-refractivity contribution in [2.45, 2.75) is 12.8 Å². The highest BCUT2D eigenvalue weighted by Gasteiger charge is 2.67. The Balaban J connectivity index is 1.23. The lowest BCUT2D eigenvalue weighted by molar-refractivity contribution is -0.133. The molecule has 5 nitrogen and oxygen atoms in total. The summed E-state index contributed by atoms with van der Waals surface area (Å²) >= 11 is 0. The molecule has 0 aromatic heterocycles. The summed E-state index contributed by atoms with van der Waals surface area (Å²) in [5.74, 6) is 0.801. The Morgan fingerprint density at radius 3 is 2.23 bits per heavy atom. The van der Waals surface area contributed by atoms with Crippen LogP contribution in [-0.2, 0) is 20.8 Å². The standard InChI is InChI=1S/C25H21NO4/c27-21(11-14-5-2-1-3-6-14)30-16-8-4-7-15(12-16)26-24(28)22-17-9-10-18(20-13-19(17)20)23(22)25(26)29/h1-10,12,17-20,22-23H,11,13H2/t17-,18-,19-,20-,22+,23+/m0/s1. The lowest BCUT2D eigenvalue weighted by Gasteiger charge is -2.37. The molecule has 4 aliphatic carbocycles. The van der Waals surface area contributed by atoms with Crippen LogP contribution in [0.3, 0.4) is 0 Å². The number of ether oxygens (including phenoxy) is 1. The molecule has 0 N–H and O–H groups in total. The molecule has 150 valence electrons. The van der Waals surface area contributed by atoms with Crippen LogP contribution in [-0.4, -0.2) is 17.8 Å². The van der Waals surface area contributed by atoms with E-state index in [9.17, 15) is 14.4 Å². The minimum Gasteiger partial charge on any atom is -0.426 e. The highest BCUT2D eigenvalue weighted by molar-refractivity contribution is 6.22. The lowest BCUT2D eigenvalue weighted by Crippen LogP contribution is -2.40. The first-order valence-electron chi connectivity index (χ1n) is 10.5. The van der Waals surface area contributed by atoms with Crippen LogP contribution in [0.5, 0.6) is 5.75 Å². The summed E-state index contributed by atoms with van der Waals surface area (Å²) in [7, 11) is 0. The van der Waals surface area contributed by atoms with E-state index in [4.69, 9.17) is 4.74 Å². The van der Waals surface area contributed by atoms with Gasteiger partial charge >= 0.3 is 5.97 Å². The minimum atomic E-state index is -0.381. The molecule has 3 fully saturated rings. The van der Waals surface area contributed by atoms with Crippen LogP contribution in [0.1, 0.15) is 12.0 Å². The zero-order chi connectivity index (χ0) is 20.4. The van der Waals surface area contributed by atoms with Crippen molar-refractivity contribution in [2.75, 3.05) is 4.90 Å². The van der Waals surface area contributed by atoms with Gasteiger partial charge in [0.25, 0.3) is 0 Å². The summed E-state index contributed by atoms with van der Waals surface area (Å²) in [5, 5.41) is 0. The van der Waals surface area contributed by atoms with E-state index in [0.29, 0.717) is 23.3 Å². The van der Waals surface area contributed by atoms with Gasteiger partial charge in [-0.1, -0.05) is 48.6 Å². The van der Waals surface area contributed by atoms with E-state index < -0.39 is 0 Å². The van der Waals surface area contributed by atoms with Gasteiger partial charge in [0.2, 0.25) is 11.8 Å². The maximum Gasteiger partial charge on any atom is 0.315 e. The maximum absolute atomic E-state index is 13.2. The Hall–Kier alpha value is -3.21. The zero-order valence-corrected chi connectivity index (χ0v) is 16.3. The maximum atomic E-state index is 13.2. The number of esters is 1. The smallest absolute Gasteiger partial charge is 0.315 e. The van der Waals surface area contributed by atoms with Gasteiger partial charge in [-0.25, -0.2) is 4.90 Å². The van der Waals surface area contributed by atoms with E-state index in [-0.39, 0.29) is 47.9 Å². The van der Waals surface area contributed by atoms with Gasteiger partial charge in [-0.2, -0.15) is 0 Å². The summed E-state index contributed by atoms with van der Waals surface area (Å²) in [5.41, 5.74) is 1.35. The van der Waals surface area contributed by atoms with Crippen molar-refractivity contribution in [1.82, 2.24) is 0 Å². The topological polar surface area (TPSA) is 63.7 Å². The highest BCUT2D eigenvalue weighted by Crippen LogP contribution is 2.65. The second-order valence-corrected chi connectivity index (χ2v) is 8.80. The van der Waals surface area contributed by atoms with Gasteiger partial charge in [-0.3, -0.25) is 14.4 Å². The molecule has 1 aliphatic heterocycles. The molecule has 2 saturated carbocycles. The van der Waals surface area contributed by atoms with Crippen LogP contribution in [0.4, 0.5) is 5.69 Å². The van der Waals surface area contributed by atoms with Crippen LogP contribution >= 0.6 is 0 Å². The molecule has 0 unspecified atom stereocenters. The number of imide groups is 1. The number of hydrogen-bond acceptors (Lipinski definition) is 4. The molecular formula is C25H21NO4. The van der Waals surface area contributed by atoms with Crippen LogP contribution in [0.25, 0.3) is 0 Å². The number of rotatable bonds is 4. The highest BCUT2D eigenvalue weighted by atomic mass is 16.5. The second-order valence-electron chi connectivity index (χ2n) is 8.80. The van der Waals surface area contributed by atoms with E-state index in [1.54, 1.807) is 24.3 Å². The fourth-order valence-electron chi connectivity index (χ4n) is 5.83. The Labute approximate surface area is 174 Å². The van der Waals surface area contributed by atoms with Crippen molar-refractivity contribution < 1.29 is 19.1 Å². The molecular weight excluding hydrogens is 378 g/mol. The van der Waals surface area contributed by atoms with Gasteiger partial charge in [0, 0.05) is 6.07 Å². The number of nitrogens with zero attached hydrogens (tertiary/aromatic N) is 1. The average molecular weight is 399 g/mol. The molecule has 0 radical (unpaired) electrons. The summed E-state index contributed by atoms with van der Waals surface area (Å²) in [6.45, 7) is 0. The third kappa shape index (κ3) is 2.58. The number of benzene rings is 2. The first kappa shape index (κ1) is 17.6. The fraction of sp³-hybridized carbons (Fsp3) is 0.320. The number of hydrogen-bond donors (Lipinski definition) is 0. The van der Waals surface area contributed by atoms with Crippen molar-refractivity contribution >= 4 is 23.5 Å². The molecule has 6 atom stereocenters. The number of carbonyl (C=O) groups is 3. The zero-order valence-electron chi connectivity index (χ0n) is 16.3. The first-order chi connectivity index (χ1) is 14.6. The van der Waals surface area contributed by atoms with Gasteiger partial charge in [-0.05, 0) is 47.8 Å². The molecule has 7 rings (SSSR count). The fourth-order valence-corrected chi connectivity index (χ4v) is 5.83. The molecule has 1 saturated heterocycles. The molecule has 2 aromatic rings. The van der Waals surface area contributed by atoms with E-state index in [1.165, 1.54) is 4.90 Å². The first-order valence-corrected chi connectivity index (χ1v) is 10.5. The summed E-state index contributed by atoms with van der Waals surface area (Å²) in [4.78, 5) is 40.1. The second kappa shape index (κ2) is 6.39. The Morgan fingerprint density at radius 2 is 1.57 bits per heavy atom. The number of anilines is 1. The Kier molecular flexibility index (Phi) is 3.76. The van der Waals surface area contributed by atoms with Crippen molar-refractivity contribution in [1.29, 1.82) is 0 Å². The van der Waals surface area contributed by atoms with Crippen LogP contribution < -0.4 is 9.64 Å². The number of carbonyl (C=O) groups excluding carboxylic acids is 3. The average Bonchev–Trinajstić information content (AvgIpc) is 3.52. The SMILES string of the molecule is O=C(Cc1ccccc1)Oc1cccc(N2C(=O)[C@@H]3[C@H]4C=C[C@@H]([C@@H]5C[C@@H]45)[C@H]3C2=O)c1. The van der Waals surface area contributed by atoms with Crippen molar-refractivity contribution in [2.24, 2.45) is 35.5 Å². The largest absolute Gasteiger partial charge is 0.426 e. The summed E-state index contributed by atoms with van der Waals surface area (Å²) in [6, 6.07) is 16.1. The van der Waals surface area contributed by atoms with E-state index in [0.717, 1.165) is 12.0 Å². The molecule has 1 heterocycles. The van der Waals surface area contributed by atoms with E-state index >= 15 is 0 Å². The Morgan fingerprint density at radius 1 is 0.900 bits per heavy atom. The van der Waals surface area contributed by atoms with Crippen LogP contribution in [0.15, 0.2) is 66.7 Å². The van der Waals surface area contributed by atoms with Crippen LogP contribution in [0, 0.1) is 35.5 Å². The molecule has 2 bridgehead atoms. The van der Waals surface area contributed by atoms with Gasteiger partial charge < -0.3 is 4.74 Å². The Bertz CT molecular complexity index is 1060. The van der Waals surface area contributed by atoms with Crippen molar-refractivity contribution in [3.05, 3.63) is 72.3 Å². The third-order valence-electron chi connectivity index (χ3n) is 7.16. The predicted octanol–water partition coefficient (Wildman–Crippen LogP) is 3.39. The van der Waals surface area contributed by atoms with Crippen molar-refractivity contribution in [3.63, 3.8) is 0 Å². The molecule has 5 heteroatoms. The van der Waals surface area contributed by atoms with Gasteiger partial charge in [0.05, 0.1) is 23.9 Å². The quantitative estimate of drug-likeness (QED) is 0.342. The van der Waals surface area contributed by atoms with Gasteiger partial charge in [0.15, 0.2) is 0 Å². The van der Waals surface area contributed by atoms with Gasteiger partial charge in [-0.15, -0.1) is 0 Å². The summed E-state index contributed by atoms with van der Waals surface area (Å²) in [6.07, 6.45) is 5.63. The molecule has 30 heavy (non-hydrogen) atoms. The molecule has 0 spiro atoms. The predicted molar refractivity (Wildman–Crippen MR) is 109 cm³/mol.